The largest absolute Gasteiger partial charge is 0.385 e. The van der Waals surface area contributed by atoms with E-state index in [0.29, 0.717) is 25.4 Å². The van der Waals surface area contributed by atoms with E-state index in [2.05, 4.69) is 24.1 Å². The van der Waals surface area contributed by atoms with Crippen LogP contribution in [0.5, 0.6) is 0 Å². The van der Waals surface area contributed by atoms with Crippen molar-refractivity contribution in [2.45, 2.75) is 26.8 Å². The van der Waals surface area contributed by atoms with Crippen molar-refractivity contribution < 1.29 is 9.53 Å². The number of carbonyl (C=O) groups excluding carboxylic acids is 1. The van der Waals surface area contributed by atoms with E-state index in [1.807, 2.05) is 0 Å². The number of nitrogens with two attached hydrogens (primary N) is 1. The summed E-state index contributed by atoms with van der Waals surface area (Å²) in [6, 6.07) is 0. The van der Waals surface area contributed by atoms with Crippen LogP contribution in [0.1, 0.15) is 35.8 Å². The summed E-state index contributed by atoms with van der Waals surface area (Å²) in [4.78, 5) is 16.0. The van der Waals surface area contributed by atoms with E-state index in [9.17, 15) is 4.79 Å². The molecule has 1 aromatic heterocycles. The third-order valence-electron chi connectivity index (χ3n) is 2.67. The molecule has 0 aliphatic heterocycles. The molecule has 0 bridgehead atoms. The minimum absolute atomic E-state index is 0.0123. The summed E-state index contributed by atoms with van der Waals surface area (Å²) in [6.45, 7) is 5.86. The van der Waals surface area contributed by atoms with E-state index >= 15 is 0 Å². The zero-order valence-electron chi connectivity index (χ0n) is 11.2. The van der Waals surface area contributed by atoms with Crippen LogP contribution in [-0.4, -0.2) is 31.2 Å². The monoisotopic (exact) mass is 271 g/mol. The summed E-state index contributed by atoms with van der Waals surface area (Å²) in [7, 11) is 1.68. The molecule has 0 unspecified atom stereocenters. The van der Waals surface area contributed by atoms with Gasteiger partial charge in [-0.05, 0) is 11.8 Å². The Kier molecular flexibility index (Phi) is 5.71. The maximum absolute atomic E-state index is 11.9. The van der Waals surface area contributed by atoms with E-state index in [1.165, 1.54) is 11.3 Å². The number of aromatic nitrogens is 1. The quantitative estimate of drug-likeness (QED) is 0.785. The van der Waals surface area contributed by atoms with Crippen molar-refractivity contribution in [3.05, 3.63) is 16.1 Å². The molecule has 1 amide bonds. The minimum Gasteiger partial charge on any atom is -0.385 e. The van der Waals surface area contributed by atoms with Crippen molar-refractivity contribution >= 4 is 17.2 Å². The number of ether oxygens (including phenoxy) is 1. The molecular formula is C12H21N3O2S. The van der Waals surface area contributed by atoms with Gasteiger partial charge in [-0.2, -0.15) is 0 Å². The number of hydrogen-bond acceptors (Lipinski definition) is 5. The Hall–Kier alpha value is -0.980. The zero-order valence-corrected chi connectivity index (χ0v) is 12.0. The van der Waals surface area contributed by atoms with Gasteiger partial charge < -0.3 is 15.8 Å². The molecule has 0 fully saturated rings. The molecule has 5 nitrogen and oxygen atoms in total. The number of carbonyl (C=O) groups is 1. The van der Waals surface area contributed by atoms with Crippen LogP contribution in [0.25, 0.3) is 0 Å². The average Bonchev–Trinajstić information content (AvgIpc) is 2.82. The molecular weight excluding hydrogens is 250 g/mol. The van der Waals surface area contributed by atoms with Crippen LogP contribution in [0.2, 0.25) is 0 Å². The highest BCUT2D eigenvalue weighted by molar-refractivity contribution is 7.09. The second-order valence-corrected chi connectivity index (χ2v) is 5.86. The Morgan fingerprint density at radius 1 is 1.61 bits per heavy atom. The van der Waals surface area contributed by atoms with Crippen molar-refractivity contribution in [3.8, 4) is 0 Å². The van der Waals surface area contributed by atoms with Crippen LogP contribution >= 0.6 is 11.3 Å². The number of methoxy groups -OCH3 is 1. The Morgan fingerprint density at radius 3 is 2.89 bits per heavy atom. The lowest BCUT2D eigenvalue weighted by molar-refractivity contribution is 0.0916. The van der Waals surface area contributed by atoms with Gasteiger partial charge in [0, 0.05) is 32.2 Å². The van der Waals surface area contributed by atoms with Gasteiger partial charge in [-0.3, -0.25) is 4.79 Å². The van der Waals surface area contributed by atoms with Crippen molar-refractivity contribution in [1.82, 2.24) is 10.3 Å². The van der Waals surface area contributed by atoms with Crippen LogP contribution in [0.15, 0.2) is 5.38 Å². The number of thiazole rings is 1. The maximum atomic E-state index is 11.9. The van der Waals surface area contributed by atoms with E-state index in [4.69, 9.17) is 10.5 Å². The molecule has 0 saturated carbocycles. The smallest absolute Gasteiger partial charge is 0.270 e. The highest BCUT2D eigenvalue weighted by Crippen LogP contribution is 2.19. The Labute approximate surface area is 112 Å². The second-order valence-electron chi connectivity index (χ2n) is 4.92. The molecule has 0 aliphatic rings. The van der Waals surface area contributed by atoms with Crippen LogP contribution < -0.4 is 11.1 Å². The van der Waals surface area contributed by atoms with Crippen molar-refractivity contribution in [3.63, 3.8) is 0 Å². The fourth-order valence-corrected chi connectivity index (χ4v) is 2.04. The molecule has 0 spiro atoms. The van der Waals surface area contributed by atoms with Crippen molar-refractivity contribution in [2.75, 3.05) is 20.3 Å². The summed E-state index contributed by atoms with van der Waals surface area (Å²) in [5.41, 5.74) is 5.92. The normalized spacial score (nSPS) is 11.6. The van der Waals surface area contributed by atoms with Gasteiger partial charge in [0.15, 0.2) is 0 Å². The first-order valence-electron chi connectivity index (χ1n) is 5.90. The van der Waals surface area contributed by atoms with E-state index in [1.54, 1.807) is 12.5 Å². The number of nitrogens with one attached hydrogen (secondary N) is 1. The van der Waals surface area contributed by atoms with Crippen LogP contribution in [0.4, 0.5) is 0 Å². The van der Waals surface area contributed by atoms with Gasteiger partial charge in [0.25, 0.3) is 5.91 Å². The van der Waals surface area contributed by atoms with E-state index in [-0.39, 0.29) is 11.3 Å². The van der Waals surface area contributed by atoms with Crippen molar-refractivity contribution in [2.24, 2.45) is 11.1 Å². The summed E-state index contributed by atoms with van der Waals surface area (Å²) < 4.78 is 5.05. The van der Waals surface area contributed by atoms with Gasteiger partial charge in [-0.1, -0.05) is 13.8 Å². The van der Waals surface area contributed by atoms with E-state index in [0.717, 1.165) is 11.4 Å². The molecule has 0 saturated heterocycles. The first-order chi connectivity index (χ1) is 8.48. The molecule has 0 radical (unpaired) electrons. The molecule has 1 rings (SSSR count). The molecule has 102 valence electrons. The fraction of sp³-hybridized carbons (Fsp3) is 0.667. The zero-order chi connectivity index (χ0) is 13.6. The Morgan fingerprint density at radius 2 is 2.33 bits per heavy atom. The molecule has 0 aliphatic carbocycles. The fourth-order valence-electron chi connectivity index (χ4n) is 1.39. The minimum atomic E-state index is -0.142. The van der Waals surface area contributed by atoms with Gasteiger partial charge in [-0.15, -0.1) is 11.3 Å². The number of hydrogen-bond donors (Lipinski definition) is 2. The molecule has 18 heavy (non-hydrogen) atoms. The molecule has 1 heterocycles. The molecule has 0 atom stereocenters. The summed E-state index contributed by atoms with van der Waals surface area (Å²) in [5.74, 6) is -0.142. The molecule has 1 aromatic rings. The van der Waals surface area contributed by atoms with Gasteiger partial charge in [0.1, 0.15) is 10.7 Å². The molecule has 6 heteroatoms. The first kappa shape index (κ1) is 15.1. The standard InChI is InChI=1S/C12H21N3O2S/c1-12(2,4-5-17-3)8-14-11(16)9-7-18-10(6-13)15-9/h7H,4-6,8,13H2,1-3H3,(H,14,16). The van der Waals surface area contributed by atoms with Crippen molar-refractivity contribution in [1.29, 1.82) is 0 Å². The highest BCUT2D eigenvalue weighted by Gasteiger charge is 2.19. The van der Waals surface area contributed by atoms with Gasteiger partial charge in [0.2, 0.25) is 0 Å². The summed E-state index contributed by atoms with van der Waals surface area (Å²) in [5, 5.41) is 5.41. The summed E-state index contributed by atoms with van der Waals surface area (Å²) in [6.07, 6.45) is 0.898. The van der Waals surface area contributed by atoms with E-state index < -0.39 is 0 Å². The lowest BCUT2D eigenvalue weighted by Gasteiger charge is -2.24. The van der Waals surface area contributed by atoms with Gasteiger partial charge >= 0.3 is 0 Å². The predicted molar refractivity (Wildman–Crippen MR) is 72.6 cm³/mol. The highest BCUT2D eigenvalue weighted by atomic mass is 32.1. The molecule has 3 N–H and O–H groups in total. The topological polar surface area (TPSA) is 77.2 Å². The average molecular weight is 271 g/mol. The first-order valence-corrected chi connectivity index (χ1v) is 6.78. The maximum Gasteiger partial charge on any atom is 0.270 e. The number of rotatable bonds is 7. The molecule has 0 aromatic carbocycles. The van der Waals surface area contributed by atoms with Crippen LogP contribution in [-0.2, 0) is 11.3 Å². The summed E-state index contributed by atoms with van der Waals surface area (Å²) >= 11 is 1.41. The van der Waals surface area contributed by atoms with Crippen LogP contribution in [0, 0.1) is 5.41 Å². The third-order valence-corrected chi connectivity index (χ3v) is 3.54. The van der Waals surface area contributed by atoms with Crippen LogP contribution in [0.3, 0.4) is 0 Å². The Bertz CT molecular complexity index is 390. The number of amides is 1. The lowest BCUT2D eigenvalue weighted by Crippen LogP contribution is -2.34. The SMILES string of the molecule is COCCC(C)(C)CNC(=O)c1csc(CN)n1. The number of nitrogens with zero attached hydrogens (tertiary/aromatic N) is 1. The second kappa shape index (κ2) is 6.82. The van der Waals surface area contributed by atoms with Gasteiger partial charge in [-0.25, -0.2) is 4.98 Å². The van der Waals surface area contributed by atoms with Gasteiger partial charge in [0.05, 0.1) is 0 Å². The Balaban J connectivity index is 2.45. The lowest BCUT2D eigenvalue weighted by atomic mass is 9.90. The predicted octanol–water partition coefficient (Wildman–Crippen LogP) is 1.39. The third kappa shape index (κ3) is 4.72.